The van der Waals surface area contributed by atoms with Gasteiger partial charge in [0.15, 0.2) is 0 Å². The number of anilines is 1. The van der Waals surface area contributed by atoms with Crippen LogP contribution in [-0.4, -0.2) is 29.7 Å². The fourth-order valence-electron chi connectivity index (χ4n) is 3.25. The third-order valence-electron chi connectivity index (χ3n) is 4.91. The van der Waals surface area contributed by atoms with Crippen molar-refractivity contribution in [1.29, 1.82) is 0 Å². The van der Waals surface area contributed by atoms with E-state index in [9.17, 15) is 18.8 Å². The molecule has 158 valence electrons. The zero-order valence-electron chi connectivity index (χ0n) is 17.1. The van der Waals surface area contributed by atoms with Crippen LogP contribution >= 0.6 is 0 Å². The molecule has 3 amide bonds. The number of nitrogens with two attached hydrogens (primary N) is 1. The second-order valence-electron chi connectivity index (χ2n) is 7.13. The van der Waals surface area contributed by atoms with E-state index in [1.165, 1.54) is 31.3 Å². The summed E-state index contributed by atoms with van der Waals surface area (Å²) in [5, 5.41) is 2.80. The molecule has 0 fully saturated rings. The van der Waals surface area contributed by atoms with Gasteiger partial charge in [0.05, 0.1) is 0 Å². The van der Waals surface area contributed by atoms with E-state index in [-0.39, 0.29) is 17.0 Å². The summed E-state index contributed by atoms with van der Waals surface area (Å²) in [5.41, 5.74) is 7.74. The molecule has 31 heavy (non-hydrogen) atoms. The van der Waals surface area contributed by atoms with E-state index in [1.807, 2.05) is 6.07 Å². The highest BCUT2D eigenvalue weighted by molar-refractivity contribution is 6.05. The maximum atomic E-state index is 13.6. The molecule has 7 heteroatoms. The minimum absolute atomic E-state index is 0.249. The van der Waals surface area contributed by atoms with Crippen molar-refractivity contribution in [3.63, 3.8) is 0 Å². The molecule has 3 N–H and O–H groups in total. The molecular formula is C24H22FN3O3. The summed E-state index contributed by atoms with van der Waals surface area (Å²) < 4.78 is 13.6. The van der Waals surface area contributed by atoms with Gasteiger partial charge in [-0.15, -0.1) is 0 Å². The minimum atomic E-state index is -1.15. The van der Waals surface area contributed by atoms with Crippen molar-refractivity contribution in [3.8, 4) is 0 Å². The Morgan fingerprint density at radius 2 is 1.65 bits per heavy atom. The number of halogens is 1. The van der Waals surface area contributed by atoms with Gasteiger partial charge in [0.2, 0.25) is 5.91 Å². The van der Waals surface area contributed by atoms with Crippen LogP contribution in [0.4, 0.5) is 10.1 Å². The molecule has 3 aromatic rings. The van der Waals surface area contributed by atoms with Gasteiger partial charge in [0, 0.05) is 23.9 Å². The van der Waals surface area contributed by atoms with Gasteiger partial charge in [-0.25, -0.2) is 4.39 Å². The number of carbonyl (C=O) groups excluding carboxylic acids is 3. The first-order valence-corrected chi connectivity index (χ1v) is 9.57. The molecule has 0 aliphatic carbocycles. The number of hydrogen-bond donors (Lipinski definition) is 2. The molecule has 0 aliphatic rings. The Morgan fingerprint density at radius 1 is 0.935 bits per heavy atom. The van der Waals surface area contributed by atoms with Gasteiger partial charge in [0.25, 0.3) is 11.8 Å². The van der Waals surface area contributed by atoms with Crippen molar-refractivity contribution >= 4 is 23.4 Å². The van der Waals surface area contributed by atoms with Crippen LogP contribution in [0.1, 0.15) is 37.9 Å². The molecule has 1 unspecified atom stereocenters. The predicted molar refractivity (Wildman–Crippen MR) is 116 cm³/mol. The number of nitrogens with zero attached hydrogens (tertiary/aromatic N) is 1. The molecule has 1 atom stereocenters. The van der Waals surface area contributed by atoms with Crippen molar-refractivity contribution in [3.05, 3.63) is 101 Å². The van der Waals surface area contributed by atoms with Crippen LogP contribution in [0.2, 0.25) is 0 Å². The predicted octanol–water partition coefficient (Wildman–Crippen LogP) is 3.69. The molecule has 0 saturated heterocycles. The normalized spacial score (nSPS) is 11.5. The lowest BCUT2D eigenvalue weighted by atomic mass is 10.0. The molecule has 0 saturated carbocycles. The van der Waals surface area contributed by atoms with Crippen LogP contribution in [-0.2, 0) is 4.79 Å². The Bertz CT molecular complexity index is 1130. The summed E-state index contributed by atoms with van der Waals surface area (Å²) in [6.45, 7) is 1.80. The number of hydrogen-bond acceptors (Lipinski definition) is 3. The summed E-state index contributed by atoms with van der Waals surface area (Å²) in [6.07, 6.45) is 0. The summed E-state index contributed by atoms with van der Waals surface area (Å²) >= 11 is 0. The van der Waals surface area contributed by atoms with E-state index in [2.05, 4.69) is 5.32 Å². The molecule has 0 bridgehead atoms. The molecule has 6 nitrogen and oxygen atoms in total. The number of rotatable bonds is 6. The van der Waals surface area contributed by atoms with E-state index >= 15 is 0 Å². The van der Waals surface area contributed by atoms with Crippen LogP contribution in [0, 0.1) is 12.7 Å². The Morgan fingerprint density at radius 3 is 2.29 bits per heavy atom. The summed E-state index contributed by atoms with van der Waals surface area (Å²) in [4.78, 5) is 38.8. The molecular weight excluding hydrogens is 397 g/mol. The van der Waals surface area contributed by atoms with Crippen LogP contribution in [0.5, 0.6) is 0 Å². The number of nitrogens with one attached hydrogen (secondary N) is 1. The molecule has 0 radical (unpaired) electrons. The summed E-state index contributed by atoms with van der Waals surface area (Å²) in [6, 6.07) is 17.8. The second kappa shape index (κ2) is 9.21. The van der Waals surface area contributed by atoms with Crippen LogP contribution in [0.15, 0.2) is 72.8 Å². The van der Waals surface area contributed by atoms with Crippen molar-refractivity contribution in [1.82, 2.24) is 4.90 Å². The highest BCUT2D eigenvalue weighted by Crippen LogP contribution is 2.24. The fourth-order valence-corrected chi connectivity index (χ4v) is 3.25. The lowest BCUT2D eigenvalue weighted by molar-refractivity contribution is -0.122. The highest BCUT2D eigenvalue weighted by atomic mass is 19.1. The number of primary amides is 1. The third-order valence-corrected chi connectivity index (χ3v) is 4.91. The van der Waals surface area contributed by atoms with E-state index in [0.717, 1.165) is 10.5 Å². The van der Waals surface area contributed by atoms with Crippen LogP contribution in [0.3, 0.4) is 0 Å². The summed E-state index contributed by atoms with van der Waals surface area (Å²) in [5.74, 6) is -2.13. The second-order valence-corrected chi connectivity index (χ2v) is 7.13. The van der Waals surface area contributed by atoms with Crippen LogP contribution < -0.4 is 11.1 Å². The van der Waals surface area contributed by atoms with E-state index in [0.29, 0.717) is 11.3 Å². The average Bonchev–Trinajstić information content (AvgIpc) is 2.75. The number of carbonyl (C=O) groups is 3. The monoisotopic (exact) mass is 419 g/mol. The Hall–Kier alpha value is -4.00. The lowest BCUT2D eigenvalue weighted by Crippen LogP contribution is -2.39. The van der Waals surface area contributed by atoms with Gasteiger partial charge in [-0.05, 0) is 54.4 Å². The van der Waals surface area contributed by atoms with Gasteiger partial charge in [0.1, 0.15) is 11.9 Å². The molecule has 0 heterocycles. The van der Waals surface area contributed by atoms with Crippen molar-refractivity contribution < 1.29 is 18.8 Å². The zero-order chi connectivity index (χ0) is 22.5. The molecule has 0 aliphatic heterocycles. The van der Waals surface area contributed by atoms with Gasteiger partial charge >= 0.3 is 0 Å². The first kappa shape index (κ1) is 21.7. The van der Waals surface area contributed by atoms with E-state index in [4.69, 9.17) is 5.73 Å². The number of amides is 3. The SMILES string of the molecule is Cc1ccc(C(=O)N(C)C(C(N)=O)c2cccc(F)c2)cc1NC(=O)c1ccccc1. The smallest absolute Gasteiger partial charge is 0.255 e. The van der Waals surface area contributed by atoms with Crippen molar-refractivity contribution in [2.24, 2.45) is 5.73 Å². The number of benzene rings is 3. The number of likely N-dealkylation sites (N-methyl/N-ethyl adjacent to an activating group) is 1. The first-order chi connectivity index (χ1) is 14.8. The summed E-state index contributed by atoms with van der Waals surface area (Å²) in [7, 11) is 1.42. The standard InChI is InChI=1S/C24H22FN3O3/c1-15-11-12-18(14-20(15)27-23(30)16-7-4-3-5-8-16)24(31)28(2)21(22(26)29)17-9-6-10-19(25)13-17/h3-14,21H,1-2H3,(H2,26,29)(H,27,30). The maximum Gasteiger partial charge on any atom is 0.255 e. The van der Waals surface area contributed by atoms with Crippen molar-refractivity contribution in [2.45, 2.75) is 13.0 Å². The average molecular weight is 419 g/mol. The third kappa shape index (κ3) is 4.95. The van der Waals surface area contributed by atoms with Crippen molar-refractivity contribution in [2.75, 3.05) is 12.4 Å². The Balaban J connectivity index is 1.87. The number of aryl methyl sites for hydroxylation is 1. The fraction of sp³-hybridized carbons (Fsp3) is 0.125. The van der Waals surface area contributed by atoms with Gasteiger partial charge in [-0.3, -0.25) is 14.4 Å². The van der Waals surface area contributed by atoms with Gasteiger partial charge in [-0.2, -0.15) is 0 Å². The molecule has 0 spiro atoms. The van der Waals surface area contributed by atoms with E-state index in [1.54, 1.807) is 49.4 Å². The molecule has 3 rings (SSSR count). The highest BCUT2D eigenvalue weighted by Gasteiger charge is 2.28. The Labute approximate surface area is 179 Å². The lowest BCUT2D eigenvalue weighted by Gasteiger charge is -2.26. The topological polar surface area (TPSA) is 92.5 Å². The largest absolute Gasteiger partial charge is 0.368 e. The Kier molecular flexibility index (Phi) is 6.45. The first-order valence-electron chi connectivity index (χ1n) is 9.57. The minimum Gasteiger partial charge on any atom is -0.368 e. The van der Waals surface area contributed by atoms with Gasteiger partial charge in [-0.1, -0.05) is 36.4 Å². The van der Waals surface area contributed by atoms with Crippen LogP contribution in [0.25, 0.3) is 0 Å². The molecule has 3 aromatic carbocycles. The zero-order valence-corrected chi connectivity index (χ0v) is 17.1. The van der Waals surface area contributed by atoms with E-state index < -0.39 is 23.7 Å². The van der Waals surface area contributed by atoms with Gasteiger partial charge < -0.3 is 16.0 Å². The molecule has 0 aromatic heterocycles. The maximum absolute atomic E-state index is 13.6. The quantitative estimate of drug-likeness (QED) is 0.638.